The molecule has 1 heterocycles. The third-order valence-electron chi connectivity index (χ3n) is 1.76. The van der Waals surface area contributed by atoms with Crippen LogP contribution in [-0.4, -0.2) is 36.8 Å². The second-order valence-corrected chi connectivity index (χ2v) is 4.20. The Hall–Kier alpha value is -0.900. The average molecular weight is 320 g/mol. The zero-order chi connectivity index (χ0) is 13.6. The summed E-state index contributed by atoms with van der Waals surface area (Å²) in [7, 11) is 0. The fourth-order valence-electron chi connectivity index (χ4n) is 1.02. The summed E-state index contributed by atoms with van der Waals surface area (Å²) in [5, 5.41) is 4.55. The number of aromatic nitrogens is 1. The molecule has 110 valence electrons. The van der Waals surface area contributed by atoms with Crippen molar-refractivity contribution in [1.29, 1.82) is 0 Å². The van der Waals surface area contributed by atoms with Crippen molar-refractivity contribution in [2.45, 2.75) is 12.7 Å². The first-order chi connectivity index (χ1) is 8.42. The van der Waals surface area contributed by atoms with E-state index in [9.17, 15) is 18.0 Å². The number of rotatable bonds is 6. The number of thiazole rings is 1. The molecule has 3 N–H and O–H groups in total. The molecule has 1 amide bonds. The van der Waals surface area contributed by atoms with Crippen molar-refractivity contribution in [3.63, 3.8) is 0 Å². The van der Waals surface area contributed by atoms with Crippen LogP contribution < -0.4 is 11.1 Å². The van der Waals surface area contributed by atoms with Crippen molar-refractivity contribution in [3.8, 4) is 0 Å². The SMILES string of the molecule is Cl.NCc1nc(C(=O)NCCOCC(F)(F)F)cs1. The molecule has 19 heavy (non-hydrogen) atoms. The molecule has 0 aliphatic heterocycles. The molecular formula is C9H13ClF3N3O2S. The van der Waals surface area contributed by atoms with Crippen LogP contribution in [0.2, 0.25) is 0 Å². The highest BCUT2D eigenvalue weighted by atomic mass is 35.5. The van der Waals surface area contributed by atoms with Crippen molar-refractivity contribution in [3.05, 3.63) is 16.1 Å². The predicted octanol–water partition coefficient (Wildman–Crippen LogP) is 1.33. The van der Waals surface area contributed by atoms with Gasteiger partial charge in [-0.2, -0.15) is 13.2 Å². The molecule has 0 bridgehead atoms. The Morgan fingerprint density at radius 3 is 2.74 bits per heavy atom. The minimum atomic E-state index is -4.35. The van der Waals surface area contributed by atoms with Gasteiger partial charge in [0.15, 0.2) is 0 Å². The standard InChI is InChI=1S/C9H12F3N3O2S.ClH/c10-9(11,12)5-17-2-1-14-8(16)6-4-18-7(3-13)15-6;/h4H,1-3,5,13H2,(H,14,16);1H. The number of ether oxygens (including phenoxy) is 1. The summed E-state index contributed by atoms with van der Waals surface area (Å²) >= 11 is 1.25. The summed E-state index contributed by atoms with van der Waals surface area (Å²) in [5.74, 6) is -0.457. The second-order valence-electron chi connectivity index (χ2n) is 3.25. The van der Waals surface area contributed by atoms with Gasteiger partial charge in [0.2, 0.25) is 0 Å². The minimum absolute atomic E-state index is 0. The smallest absolute Gasteiger partial charge is 0.370 e. The van der Waals surface area contributed by atoms with Crippen LogP contribution in [0.15, 0.2) is 5.38 Å². The van der Waals surface area contributed by atoms with Crippen molar-refractivity contribution in [2.24, 2.45) is 5.73 Å². The van der Waals surface area contributed by atoms with E-state index in [1.54, 1.807) is 0 Å². The maximum atomic E-state index is 11.7. The first-order valence-electron chi connectivity index (χ1n) is 4.99. The van der Waals surface area contributed by atoms with Gasteiger partial charge in [-0.3, -0.25) is 4.79 Å². The number of carbonyl (C=O) groups excluding carboxylic acids is 1. The first-order valence-corrected chi connectivity index (χ1v) is 5.87. The highest BCUT2D eigenvalue weighted by Crippen LogP contribution is 2.14. The van der Waals surface area contributed by atoms with Gasteiger partial charge in [0.25, 0.3) is 5.91 Å². The average Bonchev–Trinajstić information content (AvgIpc) is 2.75. The topological polar surface area (TPSA) is 77.2 Å². The van der Waals surface area contributed by atoms with Gasteiger partial charge in [0.05, 0.1) is 6.61 Å². The van der Waals surface area contributed by atoms with Crippen molar-refractivity contribution in [1.82, 2.24) is 10.3 Å². The van der Waals surface area contributed by atoms with Gasteiger partial charge in [-0.15, -0.1) is 23.7 Å². The number of nitrogens with one attached hydrogen (secondary N) is 1. The summed E-state index contributed by atoms with van der Waals surface area (Å²) in [6.07, 6.45) is -4.35. The van der Waals surface area contributed by atoms with E-state index in [0.29, 0.717) is 5.01 Å². The van der Waals surface area contributed by atoms with Crippen molar-refractivity contribution >= 4 is 29.7 Å². The van der Waals surface area contributed by atoms with E-state index in [0.717, 1.165) is 0 Å². The van der Waals surface area contributed by atoms with E-state index in [4.69, 9.17) is 5.73 Å². The van der Waals surface area contributed by atoms with E-state index in [-0.39, 0.29) is 37.8 Å². The van der Waals surface area contributed by atoms with E-state index in [1.807, 2.05) is 0 Å². The summed E-state index contributed by atoms with van der Waals surface area (Å²) in [5.41, 5.74) is 5.54. The summed E-state index contributed by atoms with van der Waals surface area (Å²) in [4.78, 5) is 15.4. The minimum Gasteiger partial charge on any atom is -0.370 e. The van der Waals surface area contributed by atoms with Gasteiger partial charge >= 0.3 is 6.18 Å². The summed E-state index contributed by atoms with van der Waals surface area (Å²) in [6.45, 7) is -1.30. The third kappa shape index (κ3) is 7.31. The molecule has 0 radical (unpaired) electrons. The molecule has 1 rings (SSSR count). The molecule has 1 aromatic heterocycles. The van der Waals surface area contributed by atoms with Crippen LogP contribution in [-0.2, 0) is 11.3 Å². The largest absolute Gasteiger partial charge is 0.411 e. The van der Waals surface area contributed by atoms with E-state index in [2.05, 4.69) is 15.0 Å². The van der Waals surface area contributed by atoms with Crippen LogP contribution in [0.5, 0.6) is 0 Å². The number of hydrogen-bond donors (Lipinski definition) is 2. The molecule has 0 saturated heterocycles. The van der Waals surface area contributed by atoms with E-state index >= 15 is 0 Å². The Morgan fingerprint density at radius 2 is 2.21 bits per heavy atom. The monoisotopic (exact) mass is 319 g/mol. The van der Waals surface area contributed by atoms with Crippen LogP contribution in [0.1, 0.15) is 15.5 Å². The molecule has 0 unspecified atom stereocenters. The quantitative estimate of drug-likeness (QED) is 0.776. The Morgan fingerprint density at radius 1 is 1.53 bits per heavy atom. The fourth-order valence-corrected chi connectivity index (χ4v) is 1.68. The number of hydrogen-bond acceptors (Lipinski definition) is 5. The lowest BCUT2D eigenvalue weighted by molar-refractivity contribution is -0.173. The maximum absolute atomic E-state index is 11.7. The van der Waals surface area contributed by atoms with Crippen LogP contribution in [0.4, 0.5) is 13.2 Å². The Kier molecular flexibility index (Phi) is 7.91. The van der Waals surface area contributed by atoms with Gasteiger partial charge in [-0.1, -0.05) is 0 Å². The van der Waals surface area contributed by atoms with Crippen LogP contribution >= 0.6 is 23.7 Å². The van der Waals surface area contributed by atoms with Gasteiger partial charge in [-0.25, -0.2) is 4.98 Å². The Balaban J connectivity index is 0.00000324. The van der Waals surface area contributed by atoms with Crippen molar-refractivity contribution < 1.29 is 22.7 Å². The predicted molar refractivity (Wildman–Crippen MR) is 66.5 cm³/mol. The maximum Gasteiger partial charge on any atom is 0.411 e. The highest BCUT2D eigenvalue weighted by Gasteiger charge is 2.27. The molecule has 0 fully saturated rings. The molecule has 0 aromatic carbocycles. The van der Waals surface area contributed by atoms with Crippen molar-refractivity contribution in [2.75, 3.05) is 19.8 Å². The number of carbonyl (C=O) groups is 1. The molecular weight excluding hydrogens is 307 g/mol. The lowest BCUT2D eigenvalue weighted by atomic mass is 10.4. The van der Waals surface area contributed by atoms with Crippen LogP contribution in [0.3, 0.4) is 0 Å². The highest BCUT2D eigenvalue weighted by molar-refractivity contribution is 7.09. The van der Waals surface area contributed by atoms with Gasteiger partial charge in [-0.05, 0) is 0 Å². The Labute approximate surface area is 117 Å². The van der Waals surface area contributed by atoms with E-state index in [1.165, 1.54) is 16.7 Å². The first kappa shape index (κ1) is 18.1. The number of nitrogens with zero attached hydrogens (tertiary/aromatic N) is 1. The number of amides is 1. The normalized spacial score (nSPS) is 10.9. The number of halogens is 4. The molecule has 0 spiro atoms. The molecule has 0 aliphatic rings. The molecule has 1 aromatic rings. The van der Waals surface area contributed by atoms with Crippen LogP contribution in [0.25, 0.3) is 0 Å². The molecule has 5 nitrogen and oxygen atoms in total. The summed E-state index contributed by atoms with van der Waals surface area (Å²) < 4.78 is 39.5. The van der Waals surface area contributed by atoms with Gasteiger partial charge < -0.3 is 15.8 Å². The molecule has 0 saturated carbocycles. The second kappa shape index (κ2) is 8.31. The number of alkyl halides is 3. The molecule has 0 aliphatic carbocycles. The zero-order valence-corrected chi connectivity index (χ0v) is 11.3. The van der Waals surface area contributed by atoms with Gasteiger partial charge in [0, 0.05) is 18.5 Å². The molecule has 10 heteroatoms. The molecule has 0 atom stereocenters. The fraction of sp³-hybridized carbons (Fsp3) is 0.556. The Bertz CT molecular complexity index is 400. The lowest BCUT2D eigenvalue weighted by Crippen LogP contribution is -2.29. The third-order valence-corrected chi connectivity index (χ3v) is 2.63. The summed E-state index contributed by atoms with van der Waals surface area (Å²) in [6, 6.07) is 0. The van der Waals surface area contributed by atoms with E-state index < -0.39 is 18.7 Å². The van der Waals surface area contributed by atoms with Gasteiger partial charge in [0.1, 0.15) is 17.3 Å². The zero-order valence-electron chi connectivity index (χ0n) is 9.70. The lowest BCUT2D eigenvalue weighted by Gasteiger charge is -2.07. The van der Waals surface area contributed by atoms with Crippen LogP contribution in [0, 0.1) is 0 Å². The number of nitrogens with two attached hydrogens (primary N) is 1.